The maximum absolute atomic E-state index is 11.8. The maximum atomic E-state index is 11.8. The van der Waals surface area contributed by atoms with Crippen LogP contribution in [0.4, 0.5) is 23.3 Å². The zero-order valence-corrected chi connectivity index (χ0v) is 18.4. The van der Waals surface area contributed by atoms with Crippen LogP contribution < -0.4 is 15.5 Å². The highest BCUT2D eigenvalue weighted by Crippen LogP contribution is 2.36. The van der Waals surface area contributed by atoms with Gasteiger partial charge in [-0.2, -0.15) is 9.97 Å². The zero-order chi connectivity index (χ0) is 22.0. The summed E-state index contributed by atoms with van der Waals surface area (Å²) in [4.78, 5) is 24.5. The predicted octanol–water partition coefficient (Wildman–Crippen LogP) is 3.91. The maximum Gasteiger partial charge on any atom is 0.353 e. The summed E-state index contributed by atoms with van der Waals surface area (Å²) in [6.45, 7) is 7.53. The van der Waals surface area contributed by atoms with Crippen LogP contribution in [0.5, 0.6) is 0 Å². The molecule has 0 spiro atoms. The molecule has 2 fully saturated rings. The van der Waals surface area contributed by atoms with E-state index in [9.17, 15) is 10.1 Å². The fraction of sp³-hybridized carbons (Fsp3) is 0.565. The number of benzene rings is 1. The van der Waals surface area contributed by atoms with E-state index in [0.29, 0.717) is 29.5 Å². The molecule has 0 radical (unpaired) electrons. The lowest BCUT2D eigenvalue weighted by molar-refractivity contribution is -0.383. The van der Waals surface area contributed by atoms with Gasteiger partial charge in [0.05, 0.1) is 4.92 Å². The molecule has 2 unspecified atom stereocenters. The first-order valence-electron chi connectivity index (χ1n) is 11.3. The Balaban J connectivity index is 1.52. The molecule has 2 N–H and O–H groups in total. The molecule has 0 saturated carbocycles. The summed E-state index contributed by atoms with van der Waals surface area (Å²) >= 11 is 0. The minimum Gasteiger partial charge on any atom is -0.378 e. The Morgan fingerprint density at radius 2 is 1.71 bits per heavy atom. The van der Waals surface area contributed by atoms with Crippen molar-refractivity contribution >= 4 is 23.3 Å². The smallest absolute Gasteiger partial charge is 0.353 e. The van der Waals surface area contributed by atoms with E-state index in [1.165, 1.54) is 5.56 Å². The second-order valence-electron chi connectivity index (χ2n) is 9.31. The molecule has 31 heavy (non-hydrogen) atoms. The Morgan fingerprint density at radius 1 is 1.06 bits per heavy atom. The Labute approximate surface area is 183 Å². The van der Waals surface area contributed by atoms with Gasteiger partial charge in [0.15, 0.2) is 0 Å². The molecule has 2 saturated heterocycles. The minimum absolute atomic E-state index is 0.0395. The van der Waals surface area contributed by atoms with Gasteiger partial charge in [0.25, 0.3) is 0 Å². The average Bonchev–Trinajstić information content (AvgIpc) is 2.73. The number of nitrogens with two attached hydrogens (primary N) is 1. The third-order valence-electron chi connectivity index (χ3n) is 6.50. The van der Waals surface area contributed by atoms with E-state index in [1.807, 2.05) is 11.0 Å². The monoisotopic (exact) mass is 424 g/mol. The topological polar surface area (TPSA) is 101 Å². The van der Waals surface area contributed by atoms with Gasteiger partial charge in [0.2, 0.25) is 17.6 Å². The molecule has 166 valence electrons. The second kappa shape index (κ2) is 9.08. The lowest BCUT2D eigenvalue weighted by Crippen LogP contribution is -2.40. The van der Waals surface area contributed by atoms with Gasteiger partial charge < -0.3 is 15.5 Å². The molecule has 0 amide bonds. The molecule has 2 atom stereocenters. The van der Waals surface area contributed by atoms with Crippen LogP contribution in [0, 0.1) is 27.9 Å². The minimum atomic E-state index is -0.440. The van der Waals surface area contributed by atoms with Crippen molar-refractivity contribution in [1.82, 2.24) is 9.97 Å². The van der Waals surface area contributed by atoms with E-state index in [0.717, 1.165) is 51.9 Å². The standard InChI is InChI=1S/C23H32N6O2/c1-16-12-17(2)15-28(14-16)22-20(29(30)31)21(24)25-23(26-22)27-10-8-19(9-11-27)13-18-6-4-3-5-7-18/h3-7,16-17,19H,8-15H2,1-2H3,(H2,24,25,26). The van der Waals surface area contributed by atoms with Crippen molar-refractivity contribution in [3.8, 4) is 0 Å². The molecule has 1 aromatic heterocycles. The predicted molar refractivity (Wildman–Crippen MR) is 123 cm³/mol. The van der Waals surface area contributed by atoms with Crippen molar-refractivity contribution in [2.75, 3.05) is 41.7 Å². The number of hydrogen-bond acceptors (Lipinski definition) is 7. The van der Waals surface area contributed by atoms with Crippen molar-refractivity contribution in [3.05, 3.63) is 46.0 Å². The van der Waals surface area contributed by atoms with Crippen LogP contribution in [-0.2, 0) is 6.42 Å². The lowest BCUT2D eigenvalue weighted by Gasteiger charge is -2.36. The summed E-state index contributed by atoms with van der Waals surface area (Å²) in [7, 11) is 0. The van der Waals surface area contributed by atoms with Gasteiger partial charge in [-0.3, -0.25) is 10.1 Å². The van der Waals surface area contributed by atoms with E-state index >= 15 is 0 Å². The Hall–Kier alpha value is -2.90. The van der Waals surface area contributed by atoms with Gasteiger partial charge in [-0.25, -0.2) is 0 Å². The normalized spacial score (nSPS) is 22.5. The molecule has 0 aliphatic carbocycles. The number of nitrogen functional groups attached to an aromatic ring is 1. The highest BCUT2D eigenvalue weighted by atomic mass is 16.6. The molecular formula is C23H32N6O2. The van der Waals surface area contributed by atoms with Gasteiger partial charge in [-0.15, -0.1) is 0 Å². The van der Waals surface area contributed by atoms with Gasteiger partial charge in [0, 0.05) is 26.2 Å². The van der Waals surface area contributed by atoms with Crippen LogP contribution in [0.25, 0.3) is 0 Å². The van der Waals surface area contributed by atoms with Gasteiger partial charge >= 0.3 is 5.69 Å². The van der Waals surface area contributed by atoms with Gasteiger partial charge in [-0.1, -0.05) is 44.2 Å². The number of piperidine rings is 2. The van der Waals surface area contributed by atoms with Gasteiger partial charge in [0.1, 0.15) is 0 Å². The van der Waals surface area contributed by atoms with Crippen LogP contribution in [0.3, 0.4) is 0 Å². The van der Waals surface area contributed by atoms with Crippen LogP contribution in [0.1, 0.15) is 38.7 Å². The molecule has 3 heterocycles. The van der Waals surface area contributed by atoms with Crippen molar-refractivity contribution in [2.45, 2.75) is 39.5 Å². The Kier molecular flexibility index (Phi) is 6.25. The number of hydrogen-bond donors (Lipinski definition) is 1. The molecule has 1 aromatic carbocycles. The molecule has 2 aliphatic heterocycles. The van der Waals surface area contributed by atoms with E-state index < -0.39 is 4.92 Å². The summed E-state index contributed by atoms with van der Waals surface area (Å²) in [6, 6.07) is 10.6. The fourth-order valence-electron chi connectivity index (χ4n) is 5.11. The highest BCUT2D eigenvalue weighted by Gasteiger charge is 2.33. The molecule has 2 aromatic rings. The third-order valence-corrected chi connectivity index (χ3v) is 6.50. The second-order valence-corrected chi connectivity index (χ2v) is 9.31. The average molecular weight is 425 g/mol. The molecule has 2 aliphatic rings. The van der Waals surface area contributed by atoms with Gasteiger partial charge in [-0.05, 0) is 49.0 Å². The summed E-state index contributed by atoms with van der Waals surface area (Å²) in [5, 5.41) is 11.8. The molecular weight excluding hydrogens is 392 g/mol. The fourth-order valence-corrected chi connectivity index (χ4v) is 5.11. The first-order valence-corrected chi connectivity index (χ1v) is 11.3. The number of aromatic nitrogens is 2. The first-order chi connectivity index (χ1) is 14.9. The van der Waals surface area contributed by atoms with Crippen LogP contribution in [0.15, 0.2) is 30.3 Å². The number of nitrogens with zero attached hydrogens (tertiary/aromatic N) is 5. The quantitative estimate of drug-likeness (QED) is 0.573. The van der Waals surface area contributed by atoms with Crippen molar-refractivity contribution in [3.63, 3.8) is 0 Å². The molecule has 0 bridgehead atoms. The van der Waals surface area contributed by atoms with E-state index in [-0.39, 0.29) is 11.5 Å². The van der Waals surface area contributed by atoms with Crippen molar-refractivity contribution in [1.29, 1.82) is 0 Å². The molecule has 4 rings (SSSR count). The van der Waals surface area contributed by atoms with E-state index in [4.69, 9.17) is 10.7 Å². The number of nitro groups is 1. The van der Waals surface area contributed by atoms with Crippen LogP contribution in [0.2, 0.25) is 0 Å². The first kappa shape index (κ1) is 21.3. The Bertz CT molecular complexity index is 904. The number of anilines is 3. The Morgan fingerprint density at radius 3 is 2.32 bits per heavy atom. The van der Waals surface area contributed by atoms with Crippen molar-refractivity contribution in [2.24, 2.45) is 17.8 Å². The highest BCUT2D eigenvalue weighted by molar-refractivity contribution is 5.71. The van der Waals surface area contributed by atoms with Crippen molar-refractivity contribution < 1.29 is 4.92 Å². The third kappa shape index (κ3) is 4.89. The summed E-state index contributed by atoms with van der Waals surface area (Å²) in [6.07, 6.45) is 4.28. The zero-order valence-electron chi connectivity index (χ0n) is 18.4. The van der Waals surface area contributed by atoms with E-state index in [1.54, 1.807) is 0 Å². The molecule has 8 nitrogen and oxygen atoms in total. The summed E-state index contributed by atoms with van der Waals surface area (Å²) in [5.41, 5.74) is 7.29. The lowest BCUT2D eigenvalue weighted by atomic mass is 9.90. The van der Waals surface area contributed by atoms with Crippen LogP contribution >= 0.6 is 0 Å². The largest absolute Gasteiger partial charge is 0.378 e. The van der Waals surface area contributed by atoms with E-state index in [2.05, 4.69) is 48.0 Å². The summed E-state index contributed by atoms with van der Waals surface area (Å²) in [5.74, 6) is 2.38. The molecule has 8 heteroatoms. The SMILES string of the molecule is CC1CC(C)CN(c2nc(N3CCC(Cc4ccccc4)CC3)nc(N)c2[N+](=O)[O-])C1. The summed E-state index contributed by atoms with van der Waals surface area (Å²) < 4.78 is 0. The van der Waals surface area contributed by atoms with Crippen LogP contribution in [-0.4, -0.2) is 41.1 Å². The number of rotatable bonds is 5.